The van der Waals surface area contributed by atoms with E-state index in [1.54, 1.807) is 36.9 Å². The minimum Gasteiger partial charge on any atom is -0.426 e. The van der Waals surface area contributed by atoms with Gasteiger partial charge >= 0.3 is 11.9 Å². The molecule has 0 amide bonds. The van der Waals surface area contributed by atoms with Gasteiger partial charge in [0.05, 0.1) is 5.92 Å². The molecular formula is C36H35FN4O4S. The van der Waals surface area contributed by atoms with Crippen molar-refractivity contribution in [1.82, 2.24) is 19.9 Å². The normalized spacial score (nSPS) is 15.8. The lowest BCUT2D eigenvalue weighted by Crippen LogP contribution is -2.24. The lowest BCUT2D eigenvalue weighted by molar-refractivity contribution is -0.140. The molecule has 0 N–H and O–H groups in total. The van der Waals surface area contributed by atoms with Crippen LogP contribution in [0.4, 0.5) is 4.39 Å². The van der Waals surface area contributed by atoms with E-state index in [0.717, 1.165) is 53.2 Å². The van der Waals surface area contributed by atoms with Gasteiger partial charge in [0.1, 0.15) is 10.6 Å². The predicted molar refractivity (Wildman–Crippen MR) is 175 cm³/mol. The van der Waals surface area contributed by atoms with E-state index < -0.39 is 11.8 Å². The van der Waals surface area contributed by atoms with E-state index in [-0.39, 0.29) is 17.6 Å². The average Bonchev–Trinajstić information content (AvgIpc) is 3.50. The van der Waals surface area contributed by atoms with Crippen LogP contribution in [0.1, 0.15) is 58.3 Å². The Hall–Kier alpha value is -4.83. The van der Waals surface area contributed by atoms with E-state index in [1.807, 2.05) is 51.1 Å². The first-order valence-electron chi connectivity index (χ1n) is 15.1. The molecule has 46 heavy (non-hydrogen) atoms. The zero-order valence-corrected chi connectivity index (χ0v) is 27.0. The molecule has 0 bridgehead atoms. The fourth-order valence-electron chi connectivity index (χ4n) is 4.87. The Bertz CT molecular complexity index is 1780. The standard InChI is InChI=1S/C19H22N2O2.C17H13FN2O2S/c1-13-3-5-16(6-4-13)19(22)23-17-9-7-15(8-10-17)18-20-11-14(2)12-21-18;1-10-8-19-16(20-9-10)12-4-5-14(13(18)7-12)22-17(21)15-6-3-11(2)23-15/h7-13,16H,3-6H2,1-2H3;3-9H,1-2H3. The third-order valence-electron chi connectivity index (χ3n) is 7.58. The van der Waals surface area contributed by atoms with Gasteiger partial charge in [0.25, 0.3) is 0 Å². The lowest BCUT2D eigenvalue weighted by atomic mass is 9.83. The number of benzene rings is 2. The van der Waals surface area contributed by atoms with E-state index in [2.05, 4.69) is 26.9 Å². The van der Waals surface area contributed by atoms with Crippen molar-refractivity contribution >= 4 is 23.3 Å². The van der Waals surface area contributed by atoms with E-state index in [9.17, 15) is 14.0 Å². The summed E-state index contributed by atoms with van der Waals surface area (Å²) >= 11 is 1.31. The second-order valence-corrected chi connectivity index (χ2v) is 12.8. The quantitative estimate of drug-likeness (QED) is 0.135. The molecule has 0 spiro atoms. The number of aryl methyl sites for hydroxylation is 3. The molecule has 6 rings (SSSR count). The van der Waals surface area contributed by atoms with Crippen LogP contribution in [-0.2, 0) is 4.79 Å². The number of ether oxygens (including phenoxy) is 2. The van der Waals surface area contributed by atoms with Gasteiger partial charge in [0.2, 0.25) is 0 Å². The number of hydrogen-bond acceptors (Lipinski definition) is 9. The van der Waals surface area contributed by atoms with E-state index in [4.69, 9.17) is 9.47 Å². The van der Waals surface area contributed by atoms with Gasteiger partial charge < -0.3 is 9.47 Å². The molecule has 3 heterocycles. The zero-order chi connectivity index (χ0) is 32.6. The molecule has 0 radical (unpaired) electrons. The number of nitrogens with zero attached hydrogens (tertiary/aromatic N) is 4. The molecular weight excluding hydrogens is 603 g/mol. The number of esters is 2. The first-order valence-corrected chi connectivity index (χ1v) is 15.9. The Balaban J connectivity index is 0.000000181. The monoisotopic (exact) mass is 638 g/mol. The van der Waals surface area contributed by atoms with Gasteiger partial charge in [-0.15, -0.1) is 11.3 Å². The Labute approximate surface area is 271 Å². The van der Waals surface area contributed by atoms with E-state index in [0.29, 0.717) is 27.8 Å². The van der Waals surface area contributed by atoms with Crippen LogP contribution in [0.15, 0.2) is 79.4 Å². The smallest absolute Gasteiger partial charge is 0.353 e. The van der Waals surface area contributed by atoms with Crippen molar-refractivity contribution in [2.24, 2.45) is 11.8 Å². The number of halogens is 1. The molecule has 0 saturated heterocycles. The molecule has 0 atom stereocenters. The summed E-state index contributed by atoms with van der Waals surface area (Å²) in [5, 5.41) is 0. The van der Waals surface area contributed by atoms with Crippen molar-refractivity contribution in [1.29, 1.82) is 0 Å². The largest absolute Gasteiger partial charge is 0.426 e. The summed E-state index contributed by atoms with van der Waals surface area (Å²) < 4.78 is 24.8. The summed E-state index contributed by atoms with van der Waals surface area (Å²) in [6.07, 6.45) is 11.0. The predicted octanol–water partition coefficient (Wildman–Crippen LogP) is 8.36. The second-order valence-electron chi connectivity index (χ2n) is 11.5. The van der Waals surface area contributed by atoms with Crippen LogP contribution in [0.3, 0.4) is 0 Å². The van der Waals surface area contributed by atoms with Crippen molar-refractivity contribution < 1.29 is 23.5 Å². The Kier molecular flexibility index (Phi) is 10.6. The molecule has 5 aromatic rings. The summed E-state index contributed by atoms with van der Waals surface area (Å²) in [5.41, 5.74) is 3.39. The van der Waals surface area contributed by atoms with Crippen LogP contribution in [0.5, 0.6) is 11.5 Å². The van der Waals surface area contributed by atoms with Crippen LogP contribution in [0.25, 0.3) is 22.8 Å². The van der Waals surface area contributed by atoms with Gasteiger partial charge in [-0.25, -0.2) is 29.1 Å². The third-order valence-corrected chi connectivity index (χ3v) is 8.56. The molecule has 0 aliphatic heterocycles. The summed E-state index contributed by atoms with van der Waals surface area (Å²) in [7, 11) is 0. The highest BCUT2D eigenvalue weighted by Crippen LogP contribution is 2.30. The topological polar surface area (TPSA) is 104 Å². The Morgan fingerprint density at radius 3 is 1.85 bits per heavy atom. The molecule has 1 aliphatic carbocycles. The number of carbonyl (C=O) groups excluding carboxylic acids is 2. The number of thiophene rings is 1. The first-order chi connectivity index (χ1) is 22.1. The van der Waals surface area contributed by atoms with Crippen LogP contribution < -0.4 is 9.47 Å². The average molecular weight is 639 g/mol. The lowest BCUT2D eigenvalue weighted by Gasteiger charge is -2.24. The highest BCUT2D eigenvalue weighted by atomic mass is 32.1. The van der Waals surface area contributed by atoms with Gasteiger partial charge in [-0.05, 0) is 118 Å². The molecule has 2 aromatic carbocycles. The molecule has 0 unspecified atom stereocenters. The van der Waals surface area contributed by atoms with Crippen molar-refractivity contribution in [3.8, 4) is 34.3 Å². The SMILES string of the molecule is Cc1cnc(-c2ccc(OC(=O)C3CCC(C)CC3)cc2)nc1.Cc1cnc(-c2ccc(OC(=O)c3ccc(C)s3)c(F)c2)nc1. The maximum absolute atomic E-state index is 14.2. The van der Waals surface area contributed by atoms with Crippen LogP contribution in [0, 0.1) is 38.4 Å². The second kappa shape index (κ2) is 15.0. The summed E-state index contributed by atoms with van der Waals surface area (Å²) in [5.74, 6) is 1.04. The van der Waals surface area contributed by atoms with Gasteiger partial charge in [0, 0.05) is 40.8 Å². The van der Waals surface area contributed by atoms with Gasteiger partial charge in [0.15, 0.2) is 23.2 Å². The first kappa shape index (κ1) is 32.6. The molecule has 10 heteroatoms. The molecule has 236 valence electrons. The molecule has 8 nitrogen and oxygen atoms in total. The summed E-state index contributed by atoms with van der Waals surface area (Å²) in [4.78, 5) is 42.5. The van der Waals surface area contributed by atoms with E-state index in [1.165, 1.54) is 23.5 Å². The molecule has 3 aromatic heterocycles. The zero-order valence-electron chi connectivity index (χ0n) is 26.2. The van der Waals surface area contributed by atoms with Crippen molar-refractivity contribution in [3.05, 3.63) is 106 Å². The van der Waals surface area contributed by atoms with Crippen LogP contribution >= 0.6 is 11.3 Å². The number of rotatable bonds is 6. The van der Waals surface area contributed by atoms with Crippen molar-refractivity contribution in [3.63, 3.8) is 0 Å². The molecule has 1 fully saturated rings. The van der Waals surface area contributed by atoms with Gasteiger partial charge in [-0.2, -0.15) is 0 Å². The molecule has 1 aliphatic rings. The minimum absolute atomic E-state index is 0.0475. The highest BCUT2D eigenvalue weighted by Gasteiger charge is 2.26. The highest BCUT2D eigenvalue weighted by molar-refractivity contribution is 7.13. The minimum atomic E-state index is -0.631. The maximum atomic E-state index is 14.2. The van der Waals surface area contributed by atoms with Gasteiger partial charge in [-0.1, -0.05) is 6.92 Å². The number of hydrogen-bond donors (Lipinski definition) is 0. The Morgan fingerprint density at radius 2 is 1.30 bits per heavy atom. The van der Waals surface area contributed by atoms with Crippen molar-refractivity contribution in [2.45, 2.75) is 53.4 Å². The number of carbonyl (C=O) groups is 2. The summed E-state index contributed by atoms with van der Waals surface area (Å²) in [6, 6.07) is 15.1. The number of aromatic nitrogens is 4. The maximum Gasteiger partial charge on any atom is 0.353 e. The van der Waals surface area contributed by atoms with Crippen LogP contribution in [0.2, 0.25) is 0 Å². The molecule has 1 saturated carbocycles. The fourth-order valence-corrected chi connectivity index (χ4v) is 5.61. The van der Waals surface area contributed by atoms with Crippen molar-refractivity contribution in [2.75, 3.05) is 0 Å². The fraction of sp³-hybridized carbons (Fsp3) is 0.278. The van der Waals surface area contributed by atoms with E-state index >= 15 is 0 Å². The van der Waals surface area contributed by atoms with Crippen LogP contribution in [-0.4, -0.2) is 31.9 Å². The Morgan fingerprint density at radius 1 is 0.739 bits per heavy atom. The third kappa shape index (κ3) is 8.66. The summed E-state index contributed by atoms with van der Waals surface area (Å²) in [6.45, 7) is 7.96. The van der Waals surface area contributed by atoms with Gasteiger partial charge in [-0.3, -0.25) is 4.79 Å².